The van der Waals surface area contributed by atoms with Crippen LogP contribution in [0, 0.1) is 5.92 Å². The quantitative estimate of drug-likeness (QED) is 0.560. The Morgan fingerprint density at radius 3 is 2.48 bits per heavy atom. The van der Waals surface area contributed by atoms with Crippen molar-refractivity contribution in [3.05, 3.63) is 60.4 Å². The minimum Gasteiger partial charge on any atom is -0.382 e. The number of hydrogen-bond acceptors (Lipinski definition) is 7. The SMILES string of the molecule is Cn1cc(-c2nc([C@@](C)(c3ccc(-c4cnc(N)cn4)cc3)C3CC3)no2)cn1. The largest absolute Gasteiger partial charge is 0.382 e. The first-order chi connectivity index (χ1) is 14.0. The van der Waals surface area contributed by atoms with E-state index in [1.807, 2.05) is 13.2 Å². The van der Waals surface area contributed by atoms with E-state index < -0.39 is 0 Å². The van der Waals surface area contributed by atoms with Crippen LogP contribution < -0.4 is 5.73 Å². The third kappa shape index (κ3) is 3.06. The van der Waals surface area contributed by atoms with Gasteiger partial charge in [0.2, 0.25) is 0 Å². The van der Waals surface area contributed by atoms with E-state index in [0.29, 0.717) is 23.5 Å². The van der Waals surface area contributed by atoms with Crippen LogP contribution in [-0.4, -0.2) is 29.9 Å². The van der Waals surface area contributed by atoms with E-state index in [-0.39, 0.29) is 5.41 Å². The maximum absolute atomic E-state index is 5.63. The zero-order chi connectivity index (χ0) is 20.0. The Balaban J connectivity index is 1.50. The van der Waals surface area contributed by atoms with Gasteiger partial charge < -0.3 is 10.3 Å². The lowest BCUT2D eigenvalue weighted by atomic mass is 9.77. The van der Waals surface area contributed by atoms with E-state index in [1.165, 1.54) is 0 Å². The Kier molecular flexibility index (Phi) is 3.94. The molecule has 4 aromatic rings. The number of nitrogens with zero attached hydrogens (tertiary/aromatic N) is 6. The Hall–Kier alpha value is -3.55. The molecular formula is C21H21N7O. The summed E-state index contributed by atoms with van der Waals surface area (Å²) in [6.07, 6.45) is 9.15. The third-order valence-electron chi connectivity index (χ3n) is 5.69. The van der Waals surface area contributed by atoms with Gasteiger partial charge in [0.25, 0.3) is 5.89 Å². The van der Waals surface area contributed by atoms with Gasteiger partial charge in [-0.25, -0.2) is 4.98 Å². The highest BCUT2D eigenvalue weighted by atomic mass is 16.5. The number of rotatable bonds is 5. The molecular weight excluding hydrogens is 366 g/mol. The molecule has 0 radical (unpaired) electrons. The number of benzene rings is 1. The smallest absolute Gasteiger partial charge is 0.261 e. The minimum absolute atomic E-state index is 0.310. The normalized spacial score (nSPS) is 15.9. The molecule has 8 nitrogen and oxygen atoms in total. The molecule has 29 heavy (non-hydrogen) atoms. The predicted molar refractivity (Wildman–Crippen MR) is 108 cm³/mol. The molecule has 1 saturated carbocycles. The van der Waals surface area contributed by atoms with Crippen molar-refractivity contribution in [3.8, 4) is 22.7 Å². The number of aromatic nitrogens is 6. The van der Waals surface area contributed by atoms with E-state index in [1.54, 1.807) is 23.3 Å². The molecule has 3 heterocycles. The molecule has 1 aliphatic carbocycles. The Labute approximate surface area is 167 Å². The van der Waals surface area contributed by atoms with Gasteiger partial charge in [-0.05, 0) is 31.2 Å². The second kappa shape index (κ2) is 6.51. The van der Waals surface area contributed by atoms with Crippen LogP contribution in [0.1, 0.15) is 31.2 Å². The van der Waals surface area contributed by atoms with Crippen molar-refractivity contribution in [2.24, 2.45) is 13.0 Å². The Morgan fingerprint density at radius 2 is 1.86 bits per heavy atom. The molecule has 1 aromatic carbocycles. The monoisotopic (exact) mass is 387 g/mol. The topological polar surface area (TPSA) is 109 Å². The number of aryl methyl sites for hydroxylation is 1. The summed E-state index contributed by atoms with van der Waals surface area (Å²) in [6, 6.07) is 8.34. The second-order valence-electron chi connectivity index (χ2n) is 7.71. The van der Waals surface area contributed by atoms with Gasteiger partial charge in [-0.15, -0.1) is 0 Å². The Bertz CT molecular complexity index is 1140. The summed E-state index contributed by atoms with van der Waals surface area (Å²) >= 11 is 0. The van der Waals surface area contributed by atoms with Gasteiger partial charge in [0, 0.05) is 18.8 Å². The highest BCUT2D eigenvalue weighted by Gasteiger charge is 2.47. The average molecular weight is 387 g/mol. The summed E-state index contributed by atoms with van der Waals surface area (Å²) < 4.78 is 7.29. The molecule has 0 aliphatic heterocycles. The van der Waals surface area contributed by atoms with Gasteiger partial charge in [-0.3, -0.25) is 9.67 Å². The van der Waals surface area contributed by atoms with Crippen molar-refractivity contribution in [3.63, 3.8) is 0 Å². The first-order valence-corrected chi connectivity index (χ1v) is 9.55. The Morgan fingerprint density at radius 1 is 1.07 bits per heavy atom. The lowest BCUT2D eigenvalue weighted by molar-refractivity contribution is 0.386. The van der Waals surface area contributed by atoms with Crippen LogP contribution in [0.5, 0.6) is 0 Å². The minimum atomic E-state index is -0.310. The summed E-state index contributed by atoms with van der Waals surface area (Å²) in [5, 5.41) is 8.53. The first-order valence-electron chi connectivity index (χ1n) is 9.55. The molecule has 3 aromatic heterocycles. The lowest BCUT2D eigenvalue weighted by Crippen LogP contribution is -2.28. The molecule has 1 aliphatic rings. The van der Waals surface area contributed by atoms with Gasteiger partial charge in [0.15, 0.2) is 5.82 Å². The fraction of sp³-hybridized carbons (Fsp3) is 0.286. The van der Waals surface area contributed by atoms with Crippen molar-refractivity contribution in [2.75, 3.05) is 5.73 Å². The van der Waals surface area contributed by atoms with Crippen LogP contribution in [0.4, 0.5) is 5.82 Å². The molecule has 0 bridgehead atoms. The number of hydrogen-bond donors (Lipinski definition) is 1. The number of nitrogens with two attached hydrogens (primary N) is 1. The van der Waals surface area contributed by atoms with E-state index in [2.05, 4.69) is 51.4 Å². The highest BCUT2D eigenvalue weighted by Crippen LogP contribution is 2.50. The van der Waals surface area contributed by atoms with Gasteiger partial charge >= 0.3 is 0 Å². The molecule has 2 N–H and O–H groups in total. The second-order valence-corrected chi connectivity index (χ2v) is 7.71. The molecule has 0 saturated heterocycles. The summed E-state index contributed by atoms with van der Waals surface area (Å²) in [4.78, 5) is 13.2. The molecule has 1 atom stereocenters. The van der Waals surface area contributed by atoms with Crippen LogP contribution in [0.25, 0.3) is 22.7 Å². The van der Waals surface area contributed by atoms with Crippen molar-refractivity contribution in [2.45, 2.75) is 25.2 Å². The number of nitrogen functional groups attached to an aromatic ring is 1. The maximum Gasteiger partial charge on any atom is 0.261 e. The average Bonchev–Trinajstić information content (AvgIpc) is 3.32. The molecule has 0 unspecified atom stereocenters. The molecule has 5 rings (SSSR count). The van der Waals surface area contributed by atoms with Crippen LogP contribution in [-0.2, 0) is 12.5 Å². The van der Waals surface area contributed by atoms with Gasteiger partial charge in [0.1, 0.15) is 5.82 Å². The van der Waals surface area contributed by atoms with Crippen molar-refractivity contribution in [1.29, 1.82) is 0 Å². The predicted octanol–water partition coefficient (Wildman–Crippen LogP) is 3.23. The van der Waals surface area contributed by atoms with Crippen molar-refractivity contribution >= 4 is 5.82 Å². The van der Waals surface area contributed by atoms with Crippen molar-refractivity contribution < 1.29 is 4.52 Å². The fourth-order valence-corrected chi connectivity index (χ4v) is 3.77. The number of anilines is 1. The third-order valence-corrected chi connectivity index (χ3v) is 5.69. The van der Waals surface area contributed by atoms with E-state index in [9.17, 15) is 0 Å². The molecule has 8 heteroatoms. The lowest BCUT2D eigenvalue weighted by Gasteiger charge is -2.26. The van der Waals surface area contributed by atoms with Crippen molar-refractivity contribution in [1.82, 2.24) is 29.9 Å². The zero-order valence-corrected chi connectivity index (χ0v) is 16.3. The summed E-state index contributed by atoms with van der Waals surface area (Å²) in [5.41, 5.74) is 9.08. The van der Waals surface area contributed by atoms with E-state index in [4.69, 9.17) is 15.2 Å². The van der Waals surface area contributed by atoms with Gasteiger partial charge in [0.05, 0.1) is 35.3 Å². The summed E-state index contributed by atoms with van der Waals surface area (Å²) in [7, 11) is 1.86. The van der Waals surface area contributed by atoms with Gasteiger partial charge in [-0.2, -0.15) is 10.1 Å². The summed E-state index contributed by atoms with van der Waals surface area (Å²) in [6.45, 7) is 2.20. The van der Waals surface area contributed by atoms with Crippen LogP contribution in [0.15, 0.2) is 53.6 Å². The van der Waals surface area contributed by atoms with E-state index >= 15 is 0 Å². The van der Waals surface area contributed by atoms with Gasteiger partial charge in [-0.1, -0.05) is 29.4 Å². The first kappa shape index (κ1) is 17.5. The molecule has 0 amide bonds. The molecule has 1 fully saturated rings. The maximum atomic E-state index is 5.63. The zero-order valence-electron chi connectivity index (χ0n) is 16.3. The fourth-order valence-electron chi connectivity index (χ4n) is 3.77. The summed E-state index contributed by atoms with van der Waals surface area (Å²) in [5.74, 6) is 2.10. The van der Waals surface area contributed by atoms with Crippen LogP contribution in [0.2, 0.25) is 0 Å². The van der Waals surface area contributed by atoms with Crippen LogP contribution in [0.3, 0.4) is 0 Å². The standard InChI is InChI=1S/C21H21N7O/c1-21(16-7-8-16,20-26-19(29-27-20)14-9-25-28(2)12-14)15-5-3-13(4-6-15)17-10-24-18(22)11-23-17/h3-6,9-12,16H,7-8H2,1-2H3,(H2,22,24)/t21-/m0/s1. The molecule has 146 valence electrons. The highest BCUT2D eigenvalue weighted by molar-refractivity contribution is 5.60. The molecule has 0 spiro atoms. The van der Waals surface area contributed by atoms with Crippen LogP contribution >= 0.6 is 0 Å². The van der Waals surface area contributed by atoms with E-state index in [0.717, 1.165) is 35.2 Å².